The van der Waals surface area contributed by atoms with Crippen molar-refractivity contribution < 1.29 is 5.11 Å². The highest BCUT2D eigenvalue weighted by atomic mass is 16.3. The number of fused-ring (bicyclic) bond motifs is 1. The minimum atomic E-state index is 0.260. The van der Waals surface area contributed by atoms with Crippen LogP contribution < -0.4 is 0 Å². The first kappa shape index (κ1) is 6.22. The lowest BCUT2D eigenvalue weighted by Crippen LogP contribution is -2.25. The first-order chi connectivity index (χ1) is 5.38. The SMILES string of the molecule is OC1=CC=NC2=CC=CCN12. The molecule has 0 aromatic carbocycles. The van der Waals surface area contributed by atoms with Gasteiger partial charge in [0.2, 0.25) is 0 Å². The number of hydrogen-bond donors (Lipinski definition) is 1. The van der Waals surface area contributed by atoms with Gasteiger partial charge in [-0.2, -0.15) is 0 Å². The Morgan fingerprint density at radius 1 is 1.45 bits per heavy atom. The largest absolute Gasteiger partial charge is 0.494 e. The zero-order valence-corrected chi connectivity index (χ0v) is 5.94. The molecule has 1 N–H and O–H groups in total. The molecule has 0 aromatic heterocycles. The molecule has 2 rings (SSSR count). The van der Waals surface area contributed by atoms with Crippen LogP contribution in [-0.4, -0.2) is 22.8 Å². The van der Waals surface area contributed by atoms with Crippen LogP contribution in [0.5, 0.6) is 0 Å². The molecule has 0 bridgehead atoms. The molecular weight excluding hydrogens is 140 g/mol. The number of aliphatic imine (C=N–C) groups is 1. The van der Waals surface area contributed by atoms with Crippen molar-refractivity contribution >= 4 is 6.21 Å². The van der Waals surface area contributed by atoms with Crippen LogP contribution in [0.15, 0.2) is 41.0 Å². The monoisotopic (exact) mass is 148 g/mol. The maximum Gasteiger partial charge on any atom is 0.194 e. The number of allylic oxidation sites excluding steroid dienone is 3. The molecule has 2 aliphatic rings. The van der Waals surface area contributed by atoms with Crippen molar-refractivity contribution in [1.29, 1.82) is 0 Å². The molecule has 56 valence electrons. The van der Waals surface area contributed by atoms with Crippen LogP contribution in [-0.2, 0) is 0 Å². The second-order valence-electron chi connectivity index (χ2n) is 2.37. The van der Waals surface area contributed by atoms with E-state index < -0.39 is 0 Å². The summed E-state index contributed by atoms with van der Waals surface area (Å²) in [5, 5.41) is 9.33. The number of aliphatic hydroxyl groups excluding tert-OH is 1. The van der Waals surface area contributed by atoms with Crippen LogP contribution in [0.25, 0.3) is 0 Å². The zero-order valence-electron chi connectivity index (χ0n) is 5.94. The first-order valence-corrected chi connectivity index (χ1v) is 3.45. The lowest BCUT2D eigenvalue weighted by Gasteiger charge is -2.25. The summed E-state index contributed by atoms with van der Waals surface area (Å²) in [6.45, 7) is 0.700. The summed E-state index contributed by atoms with van der Waals surface area (Å²) in [5.41, 5.74) is 0. The Hall–Kier alpha value is -1.51. The van der Waals surface area contributed by atoms with E-state index in [4.69, 9.17) is 0 Å². The van der Waals surface area contributed by atoms with Crippen molar-refractivity contribution in [2.75, 3.05) is 6.54 Å². The van der Waals surface area contributed by atoms with E-state index in [1.807, 2.05) is 18.2 Å². The molecule has 0 saturated heterocycles. The maximum atomic E-state index is 9.33. The molecule has 0 saturated carbocycles. The van der Waals surface area contributed by atoms with Crippen LogP contribution in [0.1, 0.15) is 0 Å². The van der Waals surface area contributed by atoms with E-state index in [0.717, 1.165) is 5.82 Å². The molecule has 11 heavy (non-hydrogen) atoms. The smallest absolute Gasteiger partial charge is 0.194 e. The third-order valence-corrected chi connectivity index (χ3v) is 1.65. The normalized spacial score (nSPS) is 20.9. The molecule has 0 aromatic rings. The average Bonchev–Trinajstić information content (AvgIpc) is 2.06. The molecular formula is C8H8N2O. The van der Waals surface area contributed by atoms with Crippen molar-refractivity contribution in [2.45, 2.75) is 0 Å². The van der Waals surface area contributed by atoms with Gasteiger partial charge in [-0.05, 0) is 6.08 Å². The van der Waals surface area contributed by atoms with Crippen molar-refractivity contribution in [3.63, 3.8) is 0 Å². The summed E-state index contributed by atoms with van der Waals surface area (Å²) < 4.78 is 0. The van der Waals surface area contributed by atoms with Gasteiger partial charge in [-0.1, -0.05) is 12.2 Å². The molecule has 3 heteroatoms. The van der Waals surface area contributed by atoms with E-state index in [9.17, 15) is 5.11 Å². The molecule has 0 amide bonds. The summed E-state index contributed by atoms with van der Waals surface area (Å²) in [4.78, 5) is 5.81. The molecule has 0 unspecified atom stereocenters. The van der Waals surface area contributed by atoms with Crippen LogP contribution in [0, 0.1) is 0 Å². The van der Waals surface area contributed by atoms with Gasteiger partial charge in [0.1, 0.15) is 5.82 Å². The standard InChI is InChI=1S/C8H8N2O/c11-8-4-5-9-7-3-1-2-6-10(7)8/h1-5,11H,6H2. The highest BCUT2D eigenvalue weighted by Crippen LogP contribution is 2.17. The number of nitrogens with zero attached hydrogens (tertiary/aromatic N) is 2. The molecule has 0 aliphatic carbocycles. The third-order valence-electron chi connectivity index (χ3n) is 1.65. The molecule has 2 aliphatic heterocycles. The Balaban J connectivity index is 2.37. The molecule has 2 heterocycles. The van der Waals surface area contributed by atoms with E-state index in [-0.39, 0.29) is 5.88 Å². The fraction of sp³-hybridized carbons (Fsp3) is 0.125. The highest BCUT2D eigenvalue weighted by molar-refractivity contribution is 5.74. The topological polar surface area (TPSA) is 35.8 Å². The summed E-state index contributed by atoms with van der Waals surface area (Å²) in [6.07, 6.45) is 8.94. The van der Waals surface area contributed by atoms with E-state index >= 15 is 0 Å². The number of rotatable bonds is 0. The van der Waals surface area contributed by atoms with Crippen molar-refractivity contribution in [2.24, 2.45) is 4.99 Å². The molecule has 0 atom stereocenters. The Morgan fingerprint density at radius 3 is 3.18 bits per heavy atom. The predicted octanol–water partition coefficient (Wildman–Crippen LogP) is 1.18. The zero-order chi connectivity index (χ0) is 7.68. The quantitative estimate of drug-likeness (QED) is 0.560. The van der Waals surface area contributed by atoms with Gasteiger partial charge in [0.25, 0.3) is 0 Å². The van der Waals surface area contributed by atoms with Gasteiger partial charge in [-0.25, -0.2) is 4.99 Å². The minimum Gasteiger partial charge on any atom is -0.494 e. The second-order valence-corrected chi connectivity index (χ2v) is 2.37. The van der Waals surface area contributed by atoms with Gasteiger partial charge in [-0.3, -0.25) is 4.90 Å². The lowest BCUT2D eigenvalue weighted by atomic mass is 10.3. The van der Waals surface area contributed by atoms with Crippen LogP contribution in [0.4, 0.5) is 0 Å². The lowest BCUT2D eigenvalue weighted by molar-refractivity contribution is 0.249. The Labute approximate surface area is 64.7 Å². The van der Waals surface area contributed by atoms with Crippen molar-refractivity contribution in [3.8, 4) is 0 Å². The highest BCUT2D eigenvalue weighted by Gasteiger charge is 2.15. The van der Waals surface area contributed by atoms with Crippen LogP contribution in [0.2, 0.25) is 0 Å². The fourth-order valence-electron chi connectivity index (χ4n) is 1.10. The molecule has 0 radical (unpaired) electrons. The van der Waals surface area contributed by atoms with Gasteiger partial charge in [0.15, 0.2) is 5.88 Å². The summed E-state index contributed by atoms with van der Waals surface area (Å²) in [6, 6.07) is 0. The Morgan fingerprint density at radius 2 is 2.36 bits per heavy atom. The van der Waals surface area contributed by atoms with Crippen molar-refractivity contribution in [1.82, 2.24) is 4.90 Å². The minimum absolute atomic E-state index is 0.260. The van der Waals surface area contributed by atoms with Gasteiger partial charge >= 0.3 is 0 Å². The first-order valence-electron chi connectivity index (χ1n) is 3.45. The summed E-state index contributed by atoms with van der Waals surface area (Å²) >= 11 is 0. The van der Waals surface area contributed by atoms with E-state index in [1.54, 1.807) is 17.2 Å². The predicted molar refractivity (Wildman–Crippen MR) is 43.1 cm³/mol. The van der Waals surface area contributed by atoms with Gasteiger partial charge < -0.3 is 5.11 Å². The van der Waals surface area contributed by atoms with E-state index in [2.05, 4.69) is 4.99 Å². The van der Waals surface area contributed by atoms with E-state index in [1.165, 1.54) is 0 Å². The Bertz CT molecular complexity index is 286. The van der Waals surface area contributed by atoms with Gasteiger partial charge in [0.05, 0.1) is 0 Å². The number of aliphatic hydroxyl groups is 1. The third kappa shape index (κ3) is 0.941. The van der Waals surface area contributed by atoms with Gasteiger partial charge in [-0.15, -0.1) is 0 Å². The van der Waals surface area contributed by atoms with Crippen LogP contribution in [0.3, 0.4) is 0 Å². The fourth-order valence-corrected chi connectivity index (χ4v) is 1.10. The Kier molecular flexibility index (Phi) is 1.28. The van der Waals surface area contributed by atoms with Crippen molar-refractivity contribution in [3.05, 3.63) is 36.0 Å². The maximum absolute atomic E-state index is 9.33. The summed E-state index contributed by atoms with van der Waals surface area (Å²) in [5.74, 6) is 1.06. The average molecular weight is 148 g/mol. The van der Waals surface area contributed by atoms with E-state index in [0.29, 0.717) is 6.54 Å². The molecule has 0 fully saturated rings. The number of hydrogen-bond acceptors (Lipinski definition) is 3. The molecule has 3 nitrogen and oxygen atoms in total. The summed E-state index contributed by atoms with van der Waals surface area (Å²) in [7, 11) is 0. The van der Waals surface area contributed by atoms with Crippen LogP contribution >= 0.6 is 0 Å². The van der Waals surface area contributed by atoms with Gasteiger partial charge in [0, 0.05) is 18.8 Å². The molecule has 0 spiro atoms. The second kappa shape index (κ2) is 2.27.